The Morgan fingerprint density at radius 2 is 1.86 bits per heavy atom. The predicted molar refractivity (Wildman–Crippen MR) is 85.6 cm³/mol. The van der Waals surface area contributed by atoms with Gasteiger partial charge in [-0.1, -0.05) is 6.58 Å². The Hall–Kier alpha value is -2.04. The number of nitrogens with zero attached hydrogens (tertiary/aromatic N) is 3. The van der Waals surface area contributed by atoms with E-state index in [1.165, 1.54) is 12.1 Å². The summed E-state index contributed by atoms with van der Waals surface area (Å²) < 4.78 is 5.11. The number of hydrogen-bond donors (Lipinski definition) is 0. The highest BCUT2D eigenvalue weighted by Gasteiger charge is 2.41. The van der Waals surface area contributed by atoms with Crippen LogP contribution in [0, 0.1) is 5.41 Å². The van der Waals surface area contributed by atoms with Crippen LogP contribution in [0.3, 0.4) is 0 Å². The van der Waals surface area contributed by atoms with E-state index < -0.39 is 0 Å². The molecule has 5 nitrogen and oxygen atoms in total. The molecule has 0 atom stereocenters. The molecule has 1 amide bonds. The molecular weight excluding hydrogens is 278 g/mol. The average Bonchev–Trinajstić information content (AvgIpc) is 2.92. The van der Waals surface area contributed by atoms with E-state index in [1.807, 2.05) is 12.4 Å². The first-order valence-electron chi connectivity index (χ1n) is 7.85. The summed E-state index contributed by atoms with van der Waals surface area (Å²) in [6.45, 7) is 9.03. The largest absolute Gasteiger partial charge is 0.416 e. The highest BCUT2D eigenvalue weighted by Crippen LogP contribution is 2.41. The Morgan fingerprint density at radius 1 is 1.23 bits per heavy atom. The second-order valence-electron chi connectivity index (χ2n) is 6.43. The van der Waals surface area contributed by atoms with Gasteiger partial charge in [0.1, 0.15) is 0 Å². The third-order valence-electron chi connectivity index (χ3n) is 4.81. The van der Waals surface area contributed by atoms with Gasteiger partial charge in [-0.2, -0.15) is 0 Å². The van der Waals surface area contributed by atoms with E-state index in [4.69, 9.17) is 4.74 Å². The lowest BCUT2D eigenvalue weighted by Gasteiger charge is -2.38. The molecule has 2 fully saturated rings. The number of amides is 1. The van der Waals surface area contributed by atoms with Gasteiger partial charge in [0, 0.05) is 44.3 Å². The van der Waals surface area contributed by atoms with Crippen LogP contribution < -0.4 is 4.90 Å². The fourth-order valence-corrected chi connectivity index (χ4v) is 3.50. The van der Waals surface area contributed by atoms with Gasteiger partial charge in [0.15, 0.2) is 0 Å². The van der Waals surface area contributed by atoms with Crippen molar-refractivity contribution in [3.63, 3.8) is 0 Å². The molecule has 0 aliphatic carbocycles. The number of rotatable bonds is 2. The van der Waals surface area contributed by atoms with Crippen molar-refractivity contribution in [1.82, 2.24) is 9.88 Å². The number of piperidine rings is 1. The molecule has 0 bridgehead atoms. The minimum atomic E-state index is -0.258. The van der Waals surface area contributed by atoms with Crippen molar-refractivity contribution in [3.8, 4) is 0 Å². The summed E-state index contributed by atoms with van der Waals surface area (Å²) in [5, 5.41) is 0. The smallest absolute Gasteiger partial charge is 0.414 e. The van der Waals surface area contributed by atoms with Crippen molar-refractivity contribution < 1.29 is 9.53 Å². The van der Waals surface area contributed by atoms with E-state index >= 15 is 0 Å². The second-order valence-corrected chi connectivity index (χ2v) is 6.43. The van der Waals surface area contributed by atoms with Crippen molar-refractivity contribution in [1.29, 1.82) is 0 Å². The summed E-state index contributed by atoms with van der Waals surface area (Å²) in [7, 11) is 0. The normalized spacial score (nSPS) is 20.2. The molecule has 2 aliphatic heterocycles. The van der Waals surface area contributed by atoms with E-state index in [-0.39, 0.29) is 6.09 Å². The summed E-state index contributed by atoms with van der Waals surface area (Å²) in [6, 6.07) is 4.14. The first-order chi connectivity index (χ1) is 10.6. The van der Waals surface area contributed by atoms with Gasteiger partial charge in [-0.15, -0.1) is 0 Å². The van der Waals surface area contributed by atoms with Crippen LogP contribution >= 0.6 is 0 Å². The van der Waals surface area contributed by atoms with E-state index in [2.05, 4.69) is 28.6 Å². The average molecular weight is 301 g/mol. The molecule has 118 valence electrons. The second kappa shape index (κ2) is 5.99. The van der Waals surface area contributed by atoms with E-state index in [1.54, 1.807) is 11.8 Å². The lowest BCUT2D eigenvalue weighted by atomic mass is 9.78. The monoisotopic (exact) mass is 301 g/mol. The number of anilines is 1. The van der Waals surface area contributed by atoms with Gasteiger partial charge < -0.3 is 14.5 Å². The fraction of sp³-hybridized carbons (Fsp3) is 0.529. The summed E-state index contributed by atoms with van der Waals surface area (Å²) in [6.07, 6.45) is 6.71. The molecule has 1 aromatic heterocycles. The molecule has 2 saturated heterocycles. The Balaban J connectivity index is 1.57. The number of carbonyl (C=O) groups excluding carboxylic acids is 1. The minimum absolute atomic E-state index is 0.258. The summed E-state index contributed by atoms with van der Waals surface area (Å²) in [4.78, 5) is 20.2. The summed E-state index contributed by atoms with van der Waals surface area (Å²) in [5.41, 5.74) is 1.58. The minimum Gasteiger partial charge on any atom is -0.416 e. The van der Waals surface area contributed by atoms with Crippen LogP contribution in [0.4, 0.5) is 10.5 Å². The number of carbonyl (C=O) groups is 1. The van der Waals surface area contributed by atoms with Gasteiger partial charge in [-0.05, 0) is 43.7 Å². The number of likely N-dealkylation sites (tertiary alicyclic amines) is 1. The molecule has 3 heterocycles. The maximum atomic E-state index is 11.9. The lowest BCUT2D eigenvalue weighted by Crippen LogP contribution is -2.44. The first kappa shape index (κ1) is 14.9. The van der Waals surface area contributed by atoms with Crippen molar-refractivity contribution in [3.05, 3.63) is 36.9 Å². The van der Waals surface area contributed by atoms with E-state index in [9.17, 15) is 4.79 Å². The molecule has 2 aliphatic rings. The fourth-order valence-electron chi connectivity index (χ4n) is 3.50. The zero-order valence-electron chi connectivity index (χ0n) is 13.1. The highest BCUT2D eigenvalue weighted by molar-refractivity contribution is 5.68. The van der Waals surface area contributed by atoms with Crippen LogP contribution in [0.5, 0.6) is 0 Å². The highest BCUT2D eigenvalue weighted by atomic mass is 16.6. The van der Waals surface area contributed by atoms with Gasteiger partial charge in [0.05, 0.1) is 5.76 Å². The van der Waals surface area contributed by atoms with E-state index in [0.717, 1.165) is 39.0 Å². The molecule has 0 N–H and O–H groups in total. The number of pyridine rings is 1. The first-order valence-corrected chi connectivity index (χ1v) is 7.85. The number of hydrogen-bond acceptors (Lipinski definition) is 4. The molecule has 0 aromatic carbocycles. The Morgan fingerprint density at radius 3 is 2.50 bits per heavy atom. The molecule has 5 heteroatoms. The quantitative estimate of drug-likeness (QED) is 0.788. The SMILES string of the molecule is C=C(C)OC(=O)N1CCC2(CC1)CCN(c1ccncc1)C2. The van der Waals surface area contributed by atoms with Crippen LogP contribution in [0.2, 0.25) is 0 Å². The van der Waals surface area contributed by atoms with Crippen LogP contribution in [0.1, 0.15) is 26.2 Å². The van der Waals surface area contributed by atoms with Gasteiger partial charge in [0.25, 0.3) is 0 Å². The van der Waals surface area contributed by atoms with Crippen LogP contribution in [0.15, 0.2) is 36.9 Å². The standard InChI is InChI=1S/C17H23N3O2/c1-14(2)22-16(21)19-10-5-17(6-11-19)7-12-20(13-17)15-3-8-18-9-4-15/h3-4,8-9H,1,5-7,10-13H2,2H3. The van der Waals surface area contributed by atoms with Gasteiger partial charge in [-0.25, -0.2) is 4.79 Å². The Labute approximate surface area is 131 Å². The third-order valence-corrected chi connectivity index (χ3v) is 4.81. The molecule has 3 rings (SSSR count). The van der Waals surface area contributed by atoms with Crippen LogP contribution in [0.25, 0.3) is 0 Å². The number of aromatic nitrogens is 1. The van der Waals surface area contributed by atoms with Crippen molar-refractivity contribution in [2.75, 3.05) is 31.1 Å². The maximum absolute atomic E-state index is 11.9. The molecular formula is C17H23N3O2. The Bertz CT molecular complexity index is 550. The van der Waals surface area contributed by atoms with Crippen molar-refractivity contribution >= 4 is 11.8 Å². The van der Waals surface area contributed by atoms with E-state index in [0.29, 0.717) is 11.2 Å². The molecule has 0 saturated carbocycles. The van der Waals surface area contributed by atoms with Crippen molar-refractivity contribution in [2.45, 2.75) is 26.2 Å². The molecule has 1 spiro atoms. The van der Waals surface area contributed by atoms with Gasteiger partial charge in [-0.3, -0.25) is 4.98 Å². The van der Waals surface area contributed by atoms with Crippen LogP contribution in [-0.4, -0.2) is 42.2 Å². The molecule has 1 aromatic rings. The van der Waals surface area contributed by atoms with Crippen LogP contribution in [-0.2, 0) is 4.74 Å². The zero-order chi connectivity index (χ0) is 15.6. The Kier molecular flexibility index (Phi) is 4.05. The summed E-state index contributed by atoms with van der Waals surface area (Å²) >= 11 is 0. The third kappa shape index (κ3) is 3.08. The molecule has 0 radical (unpaired) electrons. The zero-order valence-corrected chi connectivity index (χ0v) is 13.1. The van der Waals surface area contributed by atoms with Crippen molar-refractivity contribution in [2.24, 2.45) is 5.41 Å². The summed E-state index contributed by atoms with van der Waals surface area (Å²) in [5.74, 6) is 0.454. The molecule has 22 heavy (non-hydrogen) atoms. The van der Waals surface area contributed by atoms with Gasteiger partial charge >= 0.3 is 6.09 Å². The number of allylic oxidation sites excluding steroid dienone is 1. The molecule has 0 unspecified atom stereocenters. The lowest BCUT2D eigenvalue weighted by molar-refractivity contribution is 0.0888. The topological polar surface area (TPSA) is 45.7 Å². The van der Waals surface area contributed by atoms with Gasteiger partial charge in [0.2, 0.25) is 0 Å². The number of ether oxygens (including phenoxy) is 1. The maximum Gasteiger partial charge on any atom is 0.414 e. The predicted octanol–water partition coefficient (Wildman–Crippen LogP) is 3.04.